The summed E-state index contributed by atoms with van der Waals surface area (Å²) < 4.78 is 1.65. The van der Waals surface area contributed by atoms with E-state index >= 15 is 0 Å². The van der Waals surface area contributed by atoms with E-state index < -0.39 is 0 Å². The van der Waals surface area contributed by atoms with Gasteiger partial charge in [-0.05, 0) is 31.9 Å². The molecule has 0 atom stereocenters. The Balaban J connectivity index is 1.66. The molecule has 1 fully saturated rings. The second kappa shape index (κ2) is 9.21. The fourth-order valence-electron chi connectivity index (χ4n) is 3.54. The number of thioether (sulfide) groups is 1. The molecular formula is C20H27N3O2S. The van der Waals surface area contributed by atoms with E-state index in [-0.39, 0.29) is 11.5 Å². The monoisotopic (exact) mass is 373 g/mol. The number of hydrogen-bond donors (Lipinski definition) is 1. The van der Waals surface area contributed by atoms with Crippen LogP contribution < -0.4 is 10.9 Å². The number of para-hydroxylation sites is 1. The van der Waals surface area contributed by atoms with Gasteiger partial charge in [0.1, 0.15) is 0 Å². The highest BCUT2D eigenvalue weighted by Gasteiger charge is 2.16. The van der Waals surface area contributed by atoms with E-state index in [0.717, 1.165) is 12.8 Å². The molecule has 1 amide bonds. The molecule has 26 heavy (non-hydrogen) atoms. The molecule has 0 saturated heterocycles. The number of amides is 1. The lowest BCUT2D eigenvalue weighted by Crippen LogP contribution is -2.36. The van der Waals surface area contributed by atoms with E-state index in [1.807, 2.05) is 25.1 Å². The summed E-state index contributed by atoms with van der Waals surface area (Å²) in [5.41, 5.74) is 0.645. The van der Waals surface area contributed by atoms with Crippen molar-refractivity contribution in [2.24, 2.45) is 0 Å². The van der Waals surface area contributed by atoms with Gasteiger partial charge >= 0.3 is 0 Å². The molecule has 0 aliphatic heterocycles. The molecule has 0 bridgehead atoms. The molecule has 1 saturated carbocycles. The zero-order valence-electron chi connectivity index (χ0n) is 15.4. The summed E-state index contributed by atoms with van der Waals surface area (Å²) in [6, 6.07) is 7.66. The van der Waals surface area contributed by atoms with Crippen molar-refractivity contribution in [1.82, 2.24) is 14.9 Å². The highest BCUT2D eigenvalue weighted by Crippen LogP contribution is 2.19. The van der Waals surface area contributed by atoms with Crippen LogP contribution in [-0.4, -0.2) is 27.3 Å². The standard InChI is InChI=1S/C20H27N3O2S/c1-2-23-19(25)16-12-8-9-13-17(16)22-20(23)26-14-18(24)21-15-10-6-4-3-5-7-11-15/h8-9,12-13,15H,2-7,10-11,14H2,1H3,(H,21,24). The number of benzene rings is 1. The van der Waals surface area contributed by atoms with Crippen LogP contribution in [-0.2, 0) is 11.3 Å². The maximum Gasteiger partial charge on any atom is 0.262 e. The van der Waals surface area contributed by atoms with Crippen LogP contribution in [0.5, 0.6) is 0 Å². The molecule has 3 rings (SSSR count). The third-order valence-electron chi connectivity index (χ3n) is 4.95. The Bertz CT molecular complexity index is 810. The fraction of sp³-hybridized carbons (Fsp3) is 0.550. The number of fused-ring (bicyclic) bond motifs is 1. The topological polar surface area (TPSA) is 64.0 Å². The van der Waals surface area contributed by atoms with Crippen LogP contribution in [0.15, 0.2) is 34.2 Å². The number of nitrogens with zero attached hydrogens (tertiary/aromatic N) is 2. The third kappa shape index (κ3) is 4.67. The molecule has 6 heteroatoms. The maximum atomic E-state index is 12.6. The van der Waals surface area contributed by atoms with Crippen LogP contribution in [0.25, 0.3) is 10.9 Å². The first kappa shape index (κ1) is 19.0. The van der Waals surface area contributed by atoms with Gasteiger partial charge in [0.15, 0.2) is 5.16 Å². The van der Waals surface area contributed by atoms with E-state index in [4.69, 9.17) is 0 Å². The van der Waals surface area contributed by atoms with Crippen molar-refractivity contribution in [2.45, 2.75) is 69.6 Å². The van der Waals surface area contributed by atoms with Gasteiger partial charge in [0.05, 0.1) is 16.7 Å². The van der Waals surface area contributed by atoms with Crippen LogP contribution in [0.3, 0.4) is 0 Å². The lowest BCUT2D eigenvalue weighted by Gasteiger charge is -2.21. The SMILES string of the molecule is CCn1c(SCC(=O)NC2CCCCCCC2)nc2ccccc2c1=O. The molecule has 0 radical (unpaired) electrons. The molecule has 0 spiro atoms. The molecular weight excluding hydrogens is 346 g/mol. The van der Waals surface area contributed by atoms with Crippen molar-refractivity contribution in [2.75, 3.05) is 5.75 Å². The summed E-state index contributed by atoms with van der Waals surface area (Å²) in [6.07, 6.45) is 8.39. The van der Waals surface area contributed by atoms with Crippen molar-refractivity contribution >= 4 is 28.6 Å². The first-order chi connectivity index (χ1) is 12.7. The van der Waals surface area contributed by atoms with E-state index in [2.05, 4.69) is 10.3 Å². The minimum atomic E-state index is -0.0407. The van der Waals surface area contributed by atoms with E-state index in [9.17, 15) is 9.59 Å². The molecule has 2 aromatic rings. The lowest BCUT2D eigenvalue weighted by atomic mass is 9.97. The van der Waals surface area contributed by atoms with Crippen molar-refractivity contribution in [3.8, 4) is 0 Å². The van der Waals surface area contributed by atoms with Crippen molar-refractivity contribution < 1.29 is 4.79 Å². The maximum absolute atomic E-state index is 12.6. The Morgan fingerprint density at radius 3 is 2.62 bits per heavy atom. The summed E-state index contributed by atoms with van der Waals surface area (Å²) in [5, 5.41) is 4.41. The zero-order valence-corrected chi connectivity index (χ0v) is 16.2. The molecule has 1 aliphatic carbocycles. The van der Waals surface area contributed by atoms with Gasteiger partial charge in [0, 0.05) is 12.6 Å². The Hall–Kier alpha value is -1.82. The predicted molar refractivity (Wildman–Crippen MR) is 107 cm³/mol. The van der Waals surface area contributed by atoms with Gasteiger partial charge in [-0.1, -0.05) is 56.0 Å². The predicted octanol–water partition coefficient (Wildman–Crippen LogP) is 3.74. The van der Waals surface area contributed by atoms with Crippen LogP contribution in [0, 0.1) is 0 Å². The molecule has 5 nitrogen and oxygen atoms in total. The number of carbonyl (C=O) groups is 1. The van der Waals surface area contributed by atoms with E-state index in [1.165, 1.54) is 43.9 Å². The second-order valence-electron chi connectivity index (χ2n) is 6.86. The Labute approximate surface area is 158 Å². The van der Waals surface area contributed by atoms with Crippen molar-refractivity contribution in [1.29, 1.82) is 0 Å². The number of carbonyl (C=O) groups excluding carboxylic acids is 1. The van der Waals surface area contributed by atoms with Gasteiger partial charge < -0.3 is 5.32 Å². The summed E-state index contributed by atoms with van der Waals surface area (Å²) in [7, 11) is 0. The summed E-state index contributed by atoms with van der Waals surface area (Å²) in [4.78, 5) is 29.6. The zero-order chi connectivity index (χ0) is 18.4. The summed E-state index contributed by atoms with van der Waals surface area (Å²) in [6.45, 7) is 2.47. The van der Waals surface area contributed by atoms with E-state index in [1.54, 1.807) is 10.6 Å². The molecule has 1 aromatic heterocycles. The second-order valence-corrected chi connectivity index (χ2v) is 7.80. The third-order valence-corrected chi connectivity index (χ3v) is 5.92. The van der Waals surface area contributed by atoms with Crippen molar-refractivity contribution in [3.05, 3.63) is 34.6 Å². The lowest BCUT2D eigenvalue weighted by molar-refractivity contribution is -0.119. The Morgan fingerprint density at radius 1 is 1.19 bits per heavy atom. The minimum Gasteiger partial charge on any atom is -0.353 e. The molecule has 1 N–H and O–H groups in total. The van der Waals surface area contributed by atoms with Gasteiger partial charge in [0.25, 0.3) is 5.56 Å². The quantitative estimate of drug-likeness (QED) is 0.641. The van der Waals surface area contributed by atoms with E-state index in [0.29, 0.717) is 34.4 Å². The van der Waals surface area contributed by atoms with Crippen LogP contribution in [0.1, 0.15) is 51.9 Å². The number of rotatable bonds is 5. The number of hydrogen-bond acceptors (Lipinski definition) is 4. The summed E-state index contributed by atoms with van der Waals surface area (Å²) in [5.74, 6) is 0.326. The van der Waals surface area contributed by atoms with Gasteiger partial charge in [-0.3, -0.25) is 14.2 Å². The van der Waals surface area contributed by atoms with Crippen LogP contribution >= 0.6 is 11.8 Å². The van der Waals surface area contributed by atoms with Gasteiger partial charge in [0.2, 0.25) is 5.91 Å². The van der Waals surface area contributed by atoms with Crippen LogP contribution in [0.2, 0.25) is 0 Å². The first-order valence-electron chi connectivity index (χ1n) is 9.60. The van der Waals surface area contributed by atoms with Gasteiger partial charge in [-0.15, -0.1) is 0 Å². The molecule has 140 valence electrons. The number of aromatic nitrogens is 2. The normalized spacial score (nSPS) is 16.2. The van der Waals surface area contributed by atoms with Gasteiger partial charge in [-0.2, -0.15) is 0 Å². The average Bonchev–Trinajstić information content (AvgIpc) is 2.62. The van der Waals surface area contributed by atoms with Crippen molar-refractivity contribution in [3.63, 3.8) is 0 Å². The highest BCUT2D eigenvalue weighted by molar-refractivity contribution is 7.99. The molecule has 1 heterocycles. The summed E-state index contributed by atoms with van der Waals surface area (Å²) >= 11 is 1.35. The molecule has 1 aliphatic rings. The average molecular weight is 374 g/mol. The largest absolute Gasteiger partial charge is 0.353 e. The minimum absolute atomic E-state index is 0.0330. The van der Waals surface area contributed by atoms with Crippen LogP contribution in [0.4, 0.5) is 0 Å². The smallest absolute Gasteiger partial charge is 0.262 e. The first-order valence-corrected chi connectivity index (χ1v) is 10.6. The molecule has 1 aromatic carbocycles. The molecule has 0 unspecified atom stereocenters. The number of nitrogens with one attached hydrogen (secondary N) is 1. The Kier molecular flexibility index (Phi) is 6.72. The van der Waals surface area contributed by atoms with Gasteiger partial charge in [-0.25, -0.2) is 4.98 Å². The Morgan fingerprint density at radius 2 is 1.88 bits per heavy atom. The highest BCUT2D eigenvalue weighted by atomic mass is 32.2. The fourth-order valence-corrected chi connectivity index (χ4v) is 4.41.